The van der Waals surface area contributed by atoms with Gasteiger partial charge in [0.2, 0.25) is 0 Å². The number of rotatable bonds is 7. The van der Waals surface area contributed by atoms with Crippen LogP contribution in [0.2, 0.25) is 0 Å². The Bertz CT molecular complexity index is 1050. The van der Waals surface area contributed by atoms with Crippen molar-refractivity contribution in [3.63, 3.8) is 0 Å². The quantitative estimate of drug-likeness (QED) is 0.625. The zero-order chi connectivity index (χ0) is 20.1. The molecule has 0 aliphatic heterocycles. The van der Waals surface area contributed by atoms with Gasteiger partial charge in [0, 0.05) is 11.8 Å². The summed E-state index contributed by atoms with van der Waals surface area (Å²) in [5.74, 6) is 1.30. The van der Waals surface area contributed by atoms with Gasteiger partial charge in [0.05, 0.1) is 26.1 Å². The van der Waals surface area contributed by atoms with Gasteiger partial charge in [0.15, 0.2) is 0 Å². The largest absolute Gasteiger partial charge is 0.497 e. The van der Waals surface area contributed by atoms with Crippen LogP contribution in [-0.4, -0.2) is 27.6 Å². The number of anilines is 3. The number of benzene rings is 2. The van der Waals surface area contributed by atoms with Gasteiger partial charge in [-0.05, 0) is 43.3 Å². The Hall–Kier alpha value is -3.26. The molecule has 0 atom stereocenters. The average Bonchev–Trinajstić information content (AvgIpc) is 2.70. The fourth-order valence-corrected chi connectivity index (χ4v) is 3.72. The van der Waals surface area contributed by atoms with Crippen molar-refractivity contribution >= 4 is 27.2 Å². The Balaban J connectivity index is 1.76. The highest BCUT2D eigenvalue weighted by Crippen LogP contribution is 2.29. The van der Waals surface area contributed by atoms with Crippen molar-refractivity contribution < 1.29 is 17.9 Å². The van der Waals surface area contributed by atoms with Crippen LogP contribution < -0.4 is 19.5 Å². The van der Waals surface area contributed by atoms with Crippen molar-refractivity contribution in [3.8, 4) is 11.5 Å². The first kappa shape index (κ1) is 19.5. The van der Waals surface area contributed by atoms with Crippen molar-refractivity contribution in [1.82, 2.24) is 4.98 Å². The number of aryl methyl sites for hydroxylation is 1. The van der Waals surface area contributed by atoms with E-state index in [0.29, 0.717) is 17.3 Å². The highest BCUT2D eigenvalue weighted by Gasteiger charge is 2.20. The van der Waals surface area contributed by atoms with Crippen molar-refractivity contribution in [2.45, 2.75) is 11.8 Å². The second kappa shape index (κ2) is 8.18. The normalized spacial score (nSPS) is 11.0. The predicted molar refractivity (Wildman–Crippen MR) is 109 cm³/mol. The van der Waals surface area contributed by atoms with Gasteiger partial charge in [0.1, 0.15) is 22.2 Å². The number of aromatic nitrogens is 1. The van der Waals surface area contributed by atoms with Gasteiger partial charge in [-0.15, -0.1) is 0 Å². The molecule has 8 heteroatoms. The summed E-state index contributed by atoms with van der Waals surface area (Å²) in [6.07, 6.45) is 1.45. The lowest BCUT2D eigenvalue weighted by molar-refractivity contribution is 0.386. The van der Waals surface area contributed by atoms with Gasteiger partial charge in [-0.2, -0.15) is 0 Å². The molecule has 1 aromatic heterocycles. The van der Waals surface area contributed by atoms with Gasteiger partial charge in [-0.25, -0.2) is 13.4 Å². The second-order valence-electron chi connectivity index (χ2n) is 6.05. The number of sulfonamides is 1. The molecular weight excluding hydrogens is 378 g/mol. The summed E-state index contributed by atoms with van der Waals surface area (Å²) in [7, 11) is -0.946. The van der Waals surface area contributed by atoms with E-state index in [-0.39, 0.29) is 10.6 Å². The zero-order valence-corrected chi connectivity index (χ0v) is 16.6. The predicted octanol–water partition coefficient (Wildman–Crippen LogP) is 3.95. The number of ether oxygens (including phenoxy) is 2. The van der Waals surface area contributed by atoms with Crippen LogP contribution >= 0.6 is 0 Å². The summed E-state index contributed by atoms with van der Waals surface area (Å²) in [6.45, 7) is 2.01. The molecule has 0 saturated heterocycles. The van der Waals surface area contributed by atoms with Crippen molar-refractivity contribution in [2.24, 2.45) is 0 Å². The summed E-state index contributed by atoms with van der Waals surface area (Å²) in [4.78, 5) is 4.27. The number of pyridine rings is 1. The third kappa shape index (κ3) is 4.52. The summed E-state index contributed by atoms with van der Waals surface area (Å²) < 4.78 is 38.2. The Morgan fingerprint density at radius 3 is 2.21 bits per heavy atom. The number of hydrogen-bond acceptors (Lipinski definition) is 6. The molecule has 0 radical (unpaired) electrons. The number of nitrogens with one attached hydrogen (secondary N) is 2. The lowest BCUT2D eigenvalue weighted by Gasteiger charge is -2.13. The summed E-state index contributed by atoms with van der Waals surface area (Å²) in [6, 6.07) is 15.7. The van der Waals surface area contributed by atoms with Gasteiger partial charge < -0.3 is 14.8 Å². The van der Waals surface area contributed by atoms with Gasteiger partial charge in [-0.1, -0.05) is 17.7 Å². The molecule has 3 aromatic rings. The minimum absolute atomic E-state index is 0.0117. The van der Waals surface area contributed by atoms with E-state index in [1.807, 2.05) is 31.2 Å². The minimum Gasteiger partial charge on any atom is -0.497 e. The van der Waals surface area contributed by atoms with Gasteiger partial charge in [-0.3, -0.25) is 4.72 Å². The maximum absolute atomic E-state index is 12.7. The van der Waals surface area contributed by atoms with E-state index >= 15 is 0 Å². The molecule has 0 amide bonds. The van der Waals surface area contributed by atoms with E-state index in [1.165, 1.54) is 32.5 Å². The van der Waals surface area contributed by atoms with Crippen LogP contribution in [0.5, 0.6) is 11.5 Å². The van der Waals surface area contributed by atoms with Crippen molar-refractivity contribution in [1.29, 1.82) is 0 Å². The summed E-state index contributed by atoms with van der Waals surface area (Å²) in [5, 5.41) is 3.16. The SMILES string of the molecule is COc1ccc(S(=O)(=O)Nc2ccc(Nc3ccc(C)cc3)nc2)c(OC)c1. The van der Waals surface area contributed by atoms with Crippen molar-refractivity contribution in [3.05, 3.63) is 66.4 Å². The summed E-state index contributed by atoms with van der Waals surface area (Å²) in [5.41, 5.74) is 2.40. The zero-order valence-electron chi connectivity index (χ0n) is 15.8. The monoisotopic (exact) mass is 399 g/mol. The Morgan fingerprint density at radius 2 is 1.61 bits per heavy atom. The highest BCUT2D eigenvalue weighted by molar-refractivity contribution is 7.92. The Morgan fingerprint density at radius 1 is 0.893 bits per heavy atom. The van der Waals surface area contributed by atoms with Gasteiger partial charge >= 0.3 is 0 Å². The molecule has 2 aromatic carbocycles. The van der Waals surface area contributed by atoms with E-state index in [4.69, 9.17) is 9.47 Å². The molecule has 0 fully saturated rings. The van der Waals surface area contributed by atoms with E-state index in [1.54, 1.807) is 18.2 Å². The lowest BCUT2D eigenvalue weighted by Crippen LogP contribution is -2.14. The maximum atomic E-state index is 12.7. The fourth-order valence-electron chi connectivity index (χ4n) is 2.52. The summed E-state index contributed by atoms with van der Waals surface area (Å²) >= 11 is 0. The molecule has 0 spiro atoms. The van der Waals surface area contributed by atoms with Crippen LogP contribution in [0.3, 0.4) is 0 Å². The minimum atomic E-state index is -3.85. The molecule has 0 bridgehead atoms. The molecule has 146 valence electrons. The van der Waals surface area contributed by atoms with Gasteiger partial charge in [0.25, 0.3) is 10.0 Å². The fraction of sp³-hybridized carbons (Fsp3) is 0.150. The molecule has 0 aliphatic carbocycles. The van der Waals surface area contributed by atoms with Crippen LogP contribution in [0.4, 0.5) is 17.2 Å². The topological polar surface area (TPSA) is 89.6 Å². The number of hydrogen-bond donors (Lipinski definition) is 2. The van der Waals surface area contributed by atoms with E-state index in [0.717, 1.165) is 11.3 Å². The molecule has 0 aliphatic rings. The molecule has 1 heterocycles. The van der Waals surface area contributed by atoms with E-state index in [9.17, 15) is 8.42 Å². The van der Waals surface area contributed by atoms with E-state index < -0.39 is 10.0 Å². The van der Waals surface area contributed by atoms with Crippen LogP contribution in [0, 0.1) is 6.92 Å². The highest BCUT2D eigenvalue weighted by atomic mass is 32.2. The molecule has 2 N–H and O–H groups in total. The first-order chi connectivity index (χ1) is 13.4. The van der Waals surface area contributed by atoms with Crippen LogP contribution in [0.15, 0.2) is 65.7 Å². The third-order valence-electron chi connectivity index (χ3n) is 4.00. The smallest absolute Gasteiger partial charge is 0.265 e. The van der Waals surface area contributed by atoms with Crippen LogP contribution in [0.1, 0.15) is 5.56 Å². The van der Waals surface area contributed by atoms with Crippen LogP contribution in [0.25, 0.3) is 0 Å². The second-order valence-corrected chi connectivity index (χ2v) is 7.70. The standard InChI is InChI=1S/C20H21N3O4S/c1-14-4-6-15(7-5-14)22-20-11-8-16(13-21-20)23-28(24,25)19-10-9-17(26-2)12-18(19)27-3/h4-13,23H,1-3H3,(H,21,22). The Kier molecular flexibility index (Phi) is 5.70. The lowest BCUT2D eigenvalue weighted by atomic mass is 10.2. The first-order valence-electron chi connectivity index (χ1n) is 8.46. The first-order valence-corrected chi connectivity index (χ1v) is 9.94. The average molecular weight is 399 g/mol. The molecule has 28 heavy (non-hydrogen) atoms. The van der Waals surface area contributed by atoms with E-state index in [2.05, 4.69) is 15.0 Å². The van der Waals surface area contributed by atoms with Crippen LogP contribution in [-0.2, 0) is 10.0 Å². The Labute approximate surface area is 164 Å². The molecule has 3 rings (SSSR count). The maximum Gasteiger partial charge on any atom is 0.265 e. The third-order valence-corrected chi connectivity index (χ3v) is 5.42. The number of methoxy groups -OCH3 is 2. The number of nitrogens with zero attached hydrogens (tertiary/aromatic N) is 1. The molecule has 0 saturated carbocycles. The molecule has 0 unspecified atom stereocenters. The molecular formula is C20H21N3O4S. The molecule has 7 nitrogen and oxygen atoms in total. The van der Waals surface area contributed by atoms with Crippen molar-refractivity contribution in [2.75, 3.05) is 24.3 Å².